The third-order valence-corrected chi connectivity index (χ3v) is 3.71. The van der Waals surface area contributed by atoms with Gasteiger partial charge in [-0.15, -0.1) is 0 Å². The van der Waals surface area contributed by atoms with Crippen molar-refractivity contribution in [1.29, 1.82) is 0 Å². The van der Waals surface area contributed by atoms with E-state index in [1.54, 1.807) is 7.11 Å². The summed E-state index contributed by atoms with van der Waals surface area (Å²) >= 11 is 0. The summed E-state index contributed by atoms with van der Waals surface area (Å²) in [6, 6.07) is 0. The van der Waals surface area contributed by atoms with E-state index in [0.29, 0.717) is 30.8 Å². The van der Waals surface area contributed by atoms with Gasteiger partial charge in [-0.2, -0.15) is 0 Å². The van der Waals surface area contributed by atoms with Crippen molar-refractivity contribution in [2.24, 2.45) is 11.8 Å². The Kier molecular flexibility index (Phi) is 12.7. The minimum atomic E-state index is -0.0322. The van der Waals surface area contributed by atoms with Gasteiger partial charge in [0.15, 0.2) is 0 Å². The molecule has 1 N–H and O–H groups in total. The number of ether oxygens (including phenoxy) is 3. The van der Waals surface area contributed by atoms with Crippen LogP contribution in [0.3, 0.4) is 0 Å². The van der Waals surface area contributed by atoms with Crippen LogP contribution in [0.5, 0.6) is 0 Å². The minimum Gasteiger partial charge on any atom is -0.496 e. The Bertz CT molecular complexity index is 383. The molecule has 134 valence electrons. The molecule has 0 bridgehead atoms. The highest BCUT2D eigenvalue weighted by molar-refractivity contribution is 5.16. The molecule has 4 nitrogen and oxygen atoms in total. The third kappa shape index (κ3) is 10.3. The fourth-order valence-corrected chi connectivity index (χ4v) is 2.22. The van der Waals surface area contributed by atoms with Crippen molar-refractivity contribution >= 4 is 0 Å². The van der Waals surface area contributed by atoms with Crippen LogP contribution < -0.4 is 0 Å². The summed E-state index contributed by atoms with van der Waals surface area (Å²) in [5, 5.41) is 9.35. The topological polar surface area (TPSA) is 47.9 Å². The van der Waals surface area contributed by atoms with E-state index in [1.807, 2.05) is 19.9 Å². The normalized spacial score (nSPS) is 14.2. The van der Waals surface area contributed by atoms with Crippen LogP contribution >= 0.6 is 0 Å². The Labute approximate surface area is 141 Å². The summed E-state index contributed by atoms with van der Waals surface area (Å²) in [5.41, 5.74) is 2.06. The standard InChI is InChI=1S/C19H34O4/c1-7-23-19(12-20)17(5)9-11-18(15(2)3)10-8-16(4)13-22-14-21-6/h8,10,15,18,20H,4,7,9,11-14H2,1-3,5-6H3/b10-8+,19-17-. The summed E-state index contributed by atoms with van der Waals surface area (Å²) in [4.78, 5) is 0. The molecular formula is C19H34O4. The Balaban J connectivity index is 4.55. The average Bonchev–Trinajstić information content (AvgIpc) is 2.52. The Hall–Kier alpha value is -1.10. The highest BCUT2D eigenvalue weighted by Crippen LogP contribution is 2.23. The van der Waals surface area contributed by atoms with Crippen molar-refractivity contribution < 1.29 is 19.3 Å². The van der Waals surface area contributed by atoms with E-state index in [9.17, 15) is 5.11 Å². The van der Waals surface area contributed by atoms with Crippen LogP contribution in [0.4, 0.5) is 0 Å². The molecule has 0 radical (unpaired) electrons. The van der Waals surface area contributed by atoms with Gasteiger partial charge in [-0.25, -0.2) is 0 Å². The Morgan fingerprint density at radius 2 is 2.00 bits per heavy atom. The zero-order valence-electron chi connectivity index (χ0n) is 15.4. The molecule has 0 heterocycles. The van der Waals surface area contributed by atoms with Gasteiger partial charge in [0, 0.05) is 7.11 Å². The SMILES string of the molecule is C=C(/C=C/C(CC/C(C)=C(/CO)OCC)C(C)C)COCOC. The molecule has 0 aliphatic heterocycles. The first kappa shape index (κ1) is 21.9. The van der Waals surface area contributed by atoms with Gasteiger partial charge in [-0.1, -0.05) is 32.6 Å². The molecule has 0 rings (SSSR count). The van der Waals surface area contributed by atoms with E-state index in [2.05, 4.69) is 26.5 Å². The van der Waals surface area contributed by atoms with Gasteiger partial charge in [0.25, 0.3) is 0 Å². The van der Waals surface area contributed by atoms with Crippen molar-refractivity contribution in [2.45, 2.75) is 40.5 Å². The fourth-order valence-electron chi connectivity index (χ4n) is 2.22. The Morgan fingerprint density at radius 3 is 2.52 bits per heavy atom. The van der Waals surface area contributed by atoms with Gasteiger partial charge in [-0.3, -0.25) is 0 Å². The summed E-state index contributed by atoms with van der Waals surface area (Å²) in [6.07, 6.45) is 6.17. The summed E-state index contributed by atoms with van der Waals surface area (Å²) < 4.78 is 15.6. The molecule has 23 heavy (non-hydrogen) atoms. The smallest absolute Gasteiger partial charge is 0.146 e. The summed E-state index contributed by atoms with van der Waals surface area (Å²) in [5.74, 6) is 1.69. The fraction of sp³-hybridized carbons (Fsp3) is 0.684. The predicted octanol–water partition coefficient (Wildman–Crippen LogP) is 4.07. The van der Waals surface area contributed by atoms with E-state index in [1.165, 1.54) is 0 Å². The van der Waals surface area contributed by atoms with Gasteiger partial charge < -0.3 is 19.3 Å². The lowest BCUT2D eigenvalue weighted by Crippen LogP contribution is -2.08. The van der Waals surface area contributed by atoms with E-state index in [4.69, 9.17) is 14.2 Å². The van der Waals surface area contributed by atoms with Crippen LogP contribution in [0.25, 0.3) is 0 Å². The van der Waals surface area contributed by atoms with E-state index >= 15 is 0 Å². The molecule has 0 aromatic heterocycles. The van der Waals surface area contributed by atoms with Gasteiger partial charge >= 0.3 is 0 Å². The molecule has 1 unspecified atom stereocenters. The van der Waals surface area contributed by atoms with E-state index in [-0.39, 0.29) is 13.4 Å². The maximum absolute atomic E-state index is 9.35. The largest absolute Gasteiger partial charge is 0.496 e. The molecule has 0 aromatic rings. The summed E-state index contributed by atoms with van der Waals surface area (Å²) in [6.45, 7) is 13.7. The minimum absolute atomic E-state index is 0.0322. The van der Waals surface area contributed by atoms with Gasteiger partial charge in [0.1, 0.15) is 19.2 Å². The molecule has 1 atom stereocenters. The molecule has 0 spiro atoms. The second-order valence-corrected chi connectivity index (χ2v) is 6.01. The molecule has 0 saturated heterocycles. The first-order valence-corrected chi connectivity index (χ1v) is 8.31. The monoisotopic (exact) mass is 326 g/mol. The number of allylic oxidation sites excluding steroid dienone is 2. The number of hydrogen-bond donors (Lipinski definition) is 1. The molecule has 0 aromatic carbocycles. The molecular weight excluding hydrogens is 292 g/mol. The quantitative estimate of drug-likeness (QED) is 0.240. The number of hydrogen-bond acceptors (Lipinski definition) is 4. The van der Waals surface area contributed by atoms with Gasteiger partial charge in [0.2, 0.25) is 0 Å². The lowest BCUT2D eigenvalue weighted by atomic mass is 9.89. The van der Waals surface area contributed by atoms with Crippen LogP contribution in [0.15, 0.2) is 35.6 Å². The molecule has 0 aliphatic rings. The van der Waals surface area contributed by atoms with Crippen molar-refractivity contribution in [2.75, 3.05) is 33.7 Å². The first-order valence-electron chi connectivity index (χ1n) is 8.31. The first-order chi connectivity index (χ1) is 11.0. The van der Waals surface area contributed by atoms with Crippen molar-refractivity contribution in [3.8, 4) is 0 Å². The summed E-state index contributed by atoms with van der Waals surface area (Å²) in [7, 11) is 1.60. The molecule has 0 aliphatic carbocycles. The number of aliphatic hydroxyl groups is 1. The third-order valence-electron chi connectivity index (χ3n) is 3.71. The highest BCUT2D eigenvalue weighted by Gasteiger charge is 2.12. The van der Waals surface area contributed by atoms with Crippen molar-refractivity contribution in [3.63, 3.8) is 0 Å². The lowest BCUT2D eigenvalue weighted by molar-refractivity contribution is -0.0203. The van der Waals surface area contributed by atoms with Crippen molar-refractivity contribution in [1.82, 2.24) is 0 Å². The van der Waals surface area contributed by atoms with Crippen LogP contribution in [0.1, 0.15) is 40.5 Å². The van der Waals surface area contributed by atoms with Crippen LogP contribution in [0.2, 0.25) is 0 Å². The van der Waals surface area contributed by atoms with Crippen LogP contribution in [-0.4, -0.2) is 38.8 Å². The van der Waals surface area contributed by atoms with Gasteiger partial charge in [-0.05, 0) is 49.7 Å². The predicted molar refractivity (Wildman–Crippen MR) is 95.1 cm³/mol. The molecule has 0 saturated carbocycles. The number of rotatable bonds is 13. The van der Waals surface area contributed by atoms with Crippen molar-refractivity contribution in [3.05, 3.63) is 35.6 Å². The molecule has 0 amide bonds. The highest BCUT2D eigenvalue weighted by atomic mass is 16.7. The molecule has 4 heteroatoms. The molecule has 0 fully saturated rings. The average molecular weight is 326 g/mol. The van der Waals surface area contributed by atoms with E-state index in [0.717, 1.165) is 24.0 Å². The van der Waals surface area contributed by atoms with Crippen LogP contribution in [-0.2, 0) is 14.2 Å². The maximum Gasteiger partial charge on any atom is 0.146 e. The van der Waals surface area contributed by atoms with Gasteiger partial charge in [0.05, 0.1) is 13.2 Å². The van der Waals surface area contributed by atoms with Crippen LogP contribution in [0, 0.1) is 11.8 Å². The second kappa shape index (κ2) is 13.3. The lowest BCUT2D eigenvalue weighted by Gasteiger charge is -2.18. The van der Waals surface area contributed by atoms with E-state index < -0.39 is 0 Å². The number of methoxy groups -OCH3 is 1. The Morgan fingerprint density at radius 1 is 1.30 bits per heavy atom. The zero-order chi connectivity index (χ0) is 17.7. The zero-order valence-corrected chi connectivity index (χ0v) is 15.4. The number of aliphatic hydroxyl groups excluding tert-OH is 1. The second-order valence-electron chi connectivity index (χ2n) is 6.01. The maximum atomic E-state index is 9.35.